The van der Waals surface area contributed by atoms with Crippen LogP contribution >= 0.6 is 11.3 Å². The van der Waals surface area contributed by atoms with E-state index in [9.17, 15) is 4.79 Å². The summed E-state index contributed by atoms with van der Waals surface area (Å²) in [5.41, 5.74) is 1.88. The minimum atomic E-state index is -0.0178. The molecule has 0 saturated carbocycles. The summed E-state index contributed by atoms with van der Waals surface area (Å²) < 4.78 is 11.1. The first-order chi connectivity index (χ1) is 13.6. The van der Waals surface area contributed by atoms with E-state index in [0.29, 0.717) is 24.6 Å². The molecule has 0 aromatic carbocycles. The number of rotatable bonds is 5. The second-order valence-electron chi connectivity index (χ2n) is 6.82. The van der Waals surface area contributed by atoms with Crippen LogP contribution in [0.4, 0.5) is 5.00 Å². The Labute approximate surface area is 168 Å². The van der Waals surface area contributed by atoms with Crippen molar-refractivity contribution in [3.8, 4) is 11.3 Å². The SMILES string of the molecule is Cc1ccc(CN(C)C(=O)c2cc(-c3ccccn3)c(N3CCOCC3)s2)o1. The van der Waals surface area contributed by atoms with Crippen LogP contribution in [0.1, 0.15) is 21.2 Å². The Morgan fingerprint density at radius 1 is 1.25 bits per heavy atom. The van der Waals surface area contributed by atoms with Gasteiger partial charge in [-0.2, -0.15) is 0 Å². The van der Waals surface area contributed by atoms with Gasteiger partial charge in [-0.15, -0.1) is 11.3 Å². The molecular weight excluding hydrogens is 374 g/mol. The summed E-state index contributed by atoms with van der Waals surface area (Å²) in [4.78, 5) is 22.2. The van der Waals surface area contributed by atoms with Crippen molar-refractivity contribution in [2.24, 2.45) is 0 Å². The monoisotopic (exact) mass is 397 g/mol. The molecule has 28 heavy (non-hydrogen) atoms. The van der Waals surface area contributed by atoms with Crippen molar-refractivity contribution in [2.45, 2.75) is 13.5 Å². The number of carbonyl (C=O) groups is 1. The van der Waals surface area contributed by atoms with E-state index in [1.165, 1.54) is 11.3 Å². The smallest absolute Gasteiger partial charge is 0.264 e. The lowest BCUT2D eigenvalue weighted by Crippen LogP contribution is -2.35. The fraction of sp³-hybridized carbons (Fsp3) is 0.333. The summed E-state index contributed by atoms with van der Waals surface area (Å²) in [6.07, 6.45) is 1.78. The largest absolute Gasteiger partial charge is 0.464 e. The summed E-state index contributed by atoms with van der Waals surface area (Å²) in [6, 6.07) is 11.6. The molecule has 3 aromatic rings. The maximum Gasteiger partial charge on any atom is 0.264 e. The van der Waals surface area contributed by atoms with Gasteiger partial charge in [0, 0.05) is 31.9 Å². The maximum absolute atomic E-state index is 13.1. The third-order valence-corrected chi connectivity index (χ3v) is 5.88. The van der Waals surface area contributed by atoms with E-state index in [2.05, 4.69) is 9.88 Å². The molecule has 0 radical (unpaired) electrons. The number of aromatic nitrogens is 1. The fourth-order valence-electron chi connectivity index (χ4n) is 3.26. The van der Waals surface area contributed by atoms with Gasteiger partial charge in [0.25, 0.3) is 5.91 Å². The highest BCUT2D eigenvalue weighted by atomic mass is 32.1. The molecule has 1 amide bonds. The molecule has 0 bridgehead atoms. The third-order valence-electron chi connectivity index (χ3n) is 4.70. The zero-order chi connectivity index (χ0) is 19.5. The van der Waals surface area contributed by atoms with Crippen LogP contribution in [0.25, 0.3) is 11.3 Å². The van der Waals surface area contributed by atoms with Crippen LogP contribution < -0.4 is 4.90 Å². The molecule has 4 heterocycles. The van der Waals surface area contributed by atoms with Crippen molar-refractivity contribution in [3.05, 3.63) is 59.0 Å². The highest BCUT2D eigenvalue weighted by Gasteiger charge is 2.24. The van der Waals surface area contributed by atoms with E-state index in [1.54, 1.807) is 18.1 Å². The molecule has 0 unspecified atom stereocenters. The first-order valence-corrected chi connectivity index (χ1v) is 10.1. The Morgan fingerprint density at radius 3 is 2.75 bits per heavy atom. The number of ether oxygens (including phenoxy) is 1. The number of morpholine rings is 1. The molecule has 1 saturated heterocycles. The minimum absolute atomic E-state index is 0.0178. The number of carbonyl (C=O) groups excluding carboxylic acids is 1. The summed E-state index contributed by atoms with van der Waals surface area (Å²) in [7, 11) is 1.80. The minimum Gasteiger partial charge on any atom is -0.464 e. The number of hydrogen-bond acceptors (Lipinski definition) is 6. The van der Waals surface area contributed by atoms with Gasteiger partial charge in [0.2, 0.25) is 0 Å². The molecule has 0 aliphatic carbocycles. The van der Waals surface area contributed by atoms with Crippen LogP contribution in [-0.2, 0) is 11.3 Å². The quantitative estimate of drug-likeness (QED) is 0.655. The molecule has 1 aliphatic heterocycles. The van der Waals surface area contributed by atoms with Gasteiger partial charge in [-0.05, 0) is 37.3 Å². The molecule has 0 N–H and O–H groups in total. The van der Waals surface area contributed by atoms with Crippen LogP contribution in [0.5, 0.6) is 0 Å². The number of amides is 1. The van der Waals surface area contributed by atoms with Gasteiger partial charge in [-0.1, -0.05) is 6.07 Å². The van der Waals surface area contributed by atoms with Crippen LogP contribution in [0.2, 0.25) is 0 Å². The zero-order valence-corrected chi connectivity index (χ0v) is 16.9. The van der Waals surface area contributed by atoms with Crippen LogP contribution in [0.15, 0.2) is 47.0 Å². The molecule has 1 aliphatic rings. The van der Waals surface area contributed by atoms with Crippen molar-refractivity contribution in [2.75, 3.05) is 38.3 Å². The van der Waals surface area contributed by atoms with E-state index in [1.807, 2.05) is 43.3 Å². The van der Waals surface area contributed by atoms with E-state index < -0.39 is 0 Å². The predicted molar refractivity (Wildman–Crippen MR) is 110 cm³/mol. The number of hydrogen-bond donors (Lipinski definition) is 0. The maximum atomic E-state index is 13.1. The molecule has 6 nitrogen and oxygen atoms in total. The summed E-state index contributed by atoms with van der Waals surface area (Å²) >= 11 is 1.52. The topological polar surface area (TPSA) is 58.8 Å². The van der Waals surface area contributed by atoms with Crippen molar-refractivity contribution in [1.29, 1.82) is 0 Å². The Hall–Kier alpha value is -2.64. The van der Waals surface area contributed by atoms with Gasteiger partial charge in [0.05, 0.1) is 30.3 Å². The van der Waals surface area contributed by atoms with Crippen LogP contribution in [0.3, 0.4) is 0 Å². The fourth-order valence-corrected chi connectivity index (χ4v) is 4.47. The Balaban J connectivity index is 1.63. The normalized spacial score (nSPS) is 14.3. The number of furan rings is 1. The molecule has 7 heteroatoms. The summed E-state index contributed by atoms with van der Waals surface area (Å²) in [6.45, 7) is 5.36. The van der Waals surface area contributed by atoms with Gasteiger partial charge in [-0.3, -0.25) is 9.78 Å². The highest BCUT2D eigenvalue weighted by Crippen LogP contribution is 2.39. The predicted octanol–water partition coefficient (Wildman–Crippen LogP) is 3.82. The lowest BCUT2D eigenvalue weighted by atomic mass is 10.1. The second-order valence-corrected chi connectivity index (χ2v) is 7.85. The van der Waals surface area contributed by atoms with Crippen molar-refractivity contribution >= 4 is 22.2 Å². The Bertz CT molecular complexity index is 945. The Morgan fingerprint density at radius 2 is 2.07 bits per heavy atom. The molecule has 3 aromatic heterocycles. The zero-order valence-electron chi connectivity index (χ0n) is 16.1. The van der Waals surface area contributed by atoms with Crippen LogP contribution in [0, 0.1) is 6.92 Å². The average molecular weight is 398 g/mol. The molecule has 0 atom stereocenters. The van der Waals surface area contributed by atoms with Gasteiger partial charge in [0.15, 0.2) is 0 Å². The van der Waals surface area contributed by atoms with Gasteiger partial charge >= 0.3 is 0 Å². The first kappa shape index (κ1) is 18.7. The van der Waals surface area contributed by atoms with Crippen molar-refractivity contribution in [3.63, 3.8) is 0 Å². The molecule has 4 rings (SSSR count). The second kappa shape index (κ2) is 8.16. The number of thiophene rings is 1. The number of nitrogens with zero attached hydrogens (tertiary/aromatic N) is 3. The van der Waals surface area contributed by atoms with Gasteiger partial charge in [0.1, 0.15) is 16.5 Å². The summed E-state index contributed by atoms with van der Waals surface area (Å²) in [5, 5.41) is 1.08. The average Bonchev–Trinajstić information content (AvgIpc) is 3.35. The molecule has 146 valence electrons. The molecule has 1 fully saturated rings. The lowest BCUT2D eigenvalue weighted by Gasteiger charge is -2.28. The molecular formula is C21H23N3O3S. The van der Waals surface area contributed by atoms with E-state index in [0.717, 1.165) is 40.9 Å². The van der Waals surface area contributed by atoms with Crippen molar-refractivity contribution in [1.82, 2.24) is 9.88 Å². The lowest BCUT2D eigenvalue weighted by molar-refractivity contribution is 0.0780. The van der Waals surface area contributed by atoms with E-state index >= 15 is 0 Å². The number of aryl methyl sites for hydroxylation is 1. The number of anilines is 1. The standard InChI is InChI=1S/C21H23N3O3S/c1-15-6-7-16(27-15)14-23(2)20(25)19-13-17(18-5-3-4-8-22-18)21(28-19)24-9-11-26-12-10-24/h3-8,13H,9-12,14H2,1-2H3. The number of pyridine rings is 1. The first-order valence-electron chi connectivity index (χ1n) is 9.30. The molecule has 0 spiro atoms. The van der Waals surface area contributed by atoms with Crippen molar-refractivity contribution < 1.29 is 13.9 Å². The Kier molecular flexibility index (Phi) is 5.45. The third kappa shape index (κ3) is 3.95. The van der Waals surface area contributed by atoms with Crippen LogP contribution in [-0.4, -0.2) is 49.1 Å². The van der Waals surface area contributed by atoms with E-state index in [-0.39, 0.29) is 5.91 Å². The summed E-state index contributed by atoms with van der Waals surface area (Å²) in [5.74, 6) is 1.61. The van der Waals surface area contributed by atoms with Gasteiger partial charge < -0.3 is 19.0 Å². The van der Waals surface area contributed by atoms with E-state index in [4.69, 9.17) is 9.15 Å². The van der Waals surface area contributed by atoms with Gasteiger partial charge in [-0.25, -0.2) is 0 Å². The highest BCUT2D eigenvalue weighted by molar-refractivity contribution is 7.18.